The highest BCUT2D eigenvalue weighted by Gasteiger charge is 2.25. The van der Waals surface area contributed by atoms with E-state index in [1.54, 1.807) is 51.1 Å². The molecule has 2 aromatic carbocycles. The maximum atomic E-state index is 12.3. The van der Waals surface area contributed by atoms with E-state index in [9.17, 15) is 9.59 Å². The highest BCUT2D eigenvalue weighted by Crippen LogP contribution is 2.26. The van der Waals surface area contributed by atoms with Gasteiger partial charge in [-0.2, -0.15) is 0 Å². The number of benzene rings is 2. The van der Waals surface area contributed by atoms with Crippen molar-refractivity contribution in [3.8, 4) is 0 Å². The van der Waals surface area contributed by atoms with Crippen LogP contribution in [0.1, 0.15) is 20.8 Å². The van der Waals surface area contributed by atoms with Crippen molar-refractivity contribution >= 4 is 40.1 Å². The third-order valence-corrected chi connectivity index (χ3v) is 3.24. The van der Waals surface area contributed by atoms with Gasteiger partial charge in [-0.15, -0.1) is 0 Å². The lowest BCUT2D eigenvalue weighted by Gasteiger charge is -2.26. The molecule has 122 valence electrons. The highest BCUT2D eigenvalue weighted by molar-refractivity contribution is 6.31. The third-order valence-electron chi connectivity index (χ3n) is 3.00. The second kappa shape index (κ2) is 6.46. The molecule has 0 atom stereocenters. The number of aliphatic carboxylic acids is 1. The summed E-state index contributed by atoms with van der Waals surface area (Å²) in [4.78, 5) is 24.5. The van der Waals surface area contributed by atoms with E-state index >= 15 is 0 Å². The molecule has 0 aromatic heterocycles. The maximum Gasteiger partial charge on any atom is 0.415 e. The molecule has 23 heavy (non-hydrogen) atoms. The minimum atomic E-state index is -1.12. The summed E-state index contributed by atoms with van der Waals surface area (Å²) in [7, 11) is 0. The number of fused-ring (bicyclic) bond motifs is 1. The Hall–Kier alpha value is -2.27. The van der Waals surface area contributed by atoms with E-state index in [1.807, 2.05) is 6.07 Å². The van der Waals surface area contributed by atoms with Crippen LogP contribution in [0.5, 0.6) is 0 Å². The topological polar surface area (TPSA) is 66.8 Å². The summed E-state index contributed by atoms with van der Waals surface area (Å²) in [6.45, 7) is 4.71. The van der Waals surface area contributed by atoms with Gasteiger partial charge in [-0.25, -0.2) is 4.79 Å². The normalized spacial score (nSPS) is 11.3. The van der Waals surface area contributed by atoms with Gasteiger partial charge in [-0.05, 0) is 55.8 Å². The Labute approximate surface area is 139 Å². The van der Waals surface area contributed by atoms with Gasteiger partial charge in [-0.3, -0.25) is 9.69 Å². The lowest BCUT2D eigenvalue weighted by atomic mass is 10.1. The molecule has 0 bridgehead atoms. The number of carbonyl (C=O) groups excluding carboxylic acids is 1. The Morgan fingerprint density at radius 3 is 2.35 bits per heavy atom. The average molecular weight is 336 g/mol. The second-order valence-corrected chi connectivity index (χ2v) is 6.57. The number of carboxylic acids is 1. The first-order chi connectivity index (χ1) is 10.7. The van der Waals surface area contributed by atoms with E-state index in [4.69, 9.17) is 21.4 Å². The van der Waals surface area contributed by atoms with Crippen molar-refractivity contribution in [3.63, 3.8) is 0 Å². The molecule has 5 nitrogen and oxygen atoms in total. The number of halogens is 1. The van der Waals surface area contributed by atoms with Crippen LogP contribution in [0.3, 0.4) is 0 Å². The molecule has 0 aliphatic rings. The highest BCUT2D eigenvalue weighted by atomic mass is 35.5. The molecule has 1 amide bonds. The molecule has 6 heteroatoms. The molecule has 1 N–H and O–H groups in total. The van der Waals surface area contributed by atoms with Crippen molar-refractivity contribution in [2.24, 2.45) is 0 Å². The zero-order chi connectivity index (χ0) is 17.2. The number of anilines is 1. The van der Waals surface area contributed by atoms with Gasteiger partial charge < -0.3 is 9.84 Å². The molecule has 0 aliphatic carbocycles. The van der Waals surface area contributed by atoms with Crippen LogP contribution in [0.25, 0.3) is 10.8 Å². The Bertz CT molecular complexity index is 752. The number of hydrogen-bond acceptors (Lipinski definition) is 3. The van der Waals surface area contributed by atoms with E-state index in [0.29, 0.717) is 10.7 Å². The smallest absolute Gasteiger partial charge is 0.415 e. The van der Waals surface area contributed by atoms with Crippen molar-refractivity contribution in [3.05, 3.63) is 41.4 Å². The molecule has 0 radical (unpaired) electrons. The summed E-state index contributed by atoms with van der Waals surface area (Å²) < 4.78 is 5.29. The first-order valence-electron chi connectivity index (χ1n) is 7.07. The third kappa shape index (κ3) is 4.60. The number of ether oxygens (including phenoxy) is 1. The van der Waals surface area contributed by atoms with Crippen molar-refractivity contribution in [1.29, 1.82) is 0 Å². The van der Waals surface area contributed by atoms with Gasteiger partial charge in [0.15, 0.2) is 0 Å². The lowest BCUT2D eigenvalue weighted by Crippen LogP contribution is -2.40. The molecular formula is C17H18ClNO4. The first-order valence-corrected chi connectivity index (χ1v) is 7.45. The fourth-order valence-electron chi connectivity index (χ4n) is 2.09. The minimum absolute atomic E-state index is 0.455. The largest absolute Gasteiger partial charge is 0.480 e. The molecule has 2 rings (SSSR count). The van der Waals surface area contributed by atoms with Gasteiger partial charge in [-0.1, -0.05) is 23.7 Å². The summed E-state index contributed by atoms with van der Waals surface area (Å²) in [5.74, 6) is -1.12. The molecule has 0 saturated carbocycles. The van der Waals surface area contributed by atoms with Crippen molar-refractivity contribution in [2.75, 3.05) is 11.4 Å². The zero-order valence-corrected chi connectivity index (χ0v) is 13.9. The van der Waals surface area contributed by atoms with Gasteiger partial charge >= 0.3 is 12.1 Å². The molecule has 0 aliphatic heterocycles. The van der Waals surface area contributed by atoms with E-state index in [-0.39, 0.29) is 0 Å². The number of nitrogens with zero attached hydrogens (tertiary/aromatic N) is 1. The van der Waals surface area contributed by atoms with Crippen molar-refractivity contribution in [1.82, 2.24) is 0 Å². The van der Waals surface area contributed by atoms with E-state index in [0.717, 1.165) is 15.7 Å². The molecule has 0 unspecified atom stereocenters. The number of carboxylic acid groups (broad SMARTS) is 1. The molecule has 0 spiro atoms. The maximum absolute atomic E-state index is 12.3. The summed E-state index contributed by atoms with van der Waals surface area (Å²) in [6, 6.07) is 10.5. The number of amides is 1. The first kappa shape index (κ1) is 17.1. The van der Waals surface area contributed by atoms with Gasteiger partial charge in [0, 0.05) is 10.7 Å². The Kier molecular flexibility index (Phi) is 4.80. The summed E-state index contributed by atoms with van der Waals surface area (Å²) in [6.07, 6.45) is -0.701. The van der Waals surface area contributed by atoms with E-state index in [1.165, 1.54) is 0 Å². The fraction of sp³-hybridized carbons (Fsp3) is 0.294. The van der Waals surface area contributed by atoms with Crippen LogP contribution in [0.4, 0.5) is 10.5 Å². The van der Waals surface area contributed by atoms with Crippen LogP contribution in [0, 0.1) is 0 Å². The summed E-state index contributed by atoms with van der Waals surface area (Å²) >= 11 is 5.95. The number of rotatable bonds is 3. The van der Waals surface area contributed by atoms with Crippen molar-refractivity contribution in [2.45, 2.75) is 26.4 Å². The van der Waals surface area contributed by atoms with Crippen LogP contribution in [-0.2, 0) is 9.53 Å². The summed E-state index contributed by atoms with van der Waals surface area (Å²) in [5.41, 5.74) is -0.255. The number of hydrogen-bond donors (Lipinski definition) is 1. The van der Waals surface area contributed by atoms with Crippen molar-refractivity contribution < 1.29 is 19.4 Å². The van der Waals surface area contributed by atoms with Crippen LogP contribution in [0.15, 0.2) is 36.4 Å². The second-order valence-electron chi connectivity index (χ2n) is 6.14. The van der Waals surface area contributed by atoms with Crippen LogP contribution < -0.4 is 4.90 Å². The van der Waals surface area contributed by atoms with Crippen LogP contribution in [-0.4, -0.2) is 29.3 Å². The quantitative estimate of drug-likeness (QED) is 0.907. The molecule has 2 aromatic rings. The molecule has 0 fully saturated rings. The van der Waals surface area contributed by atoms with Gasteiger partial charge in [0.05, 0.1) is 0 Å². The monoisotopic (exact) mass is 335 g/mol. The minimum Gasteiger partial charge on any atom is -0.480 e. The molecular weight excluding hydrogens is 318 g/mol. The lowest BCUT2D eigenvalue weighted by molar-refractivity contribution is -0.135. The van der Waals surface area contributed by atoms with Crippen LogP contribution >= 0.6 is 11.6 Å². The number of carbonyl (C=O) groups is 2. The zero-order valence-electron chi connectivity index (χ0n) is 13.2. The molecule has 0 heterocycles. The fourth-order valence-corrected chi connectivity index (χ4v) is 2.27. The Morgan fingerprint density at radius 2 is 1.74 bits per heavy atom. The van der Waals surface area contributed by atoms with Gasteiger partial charge in [0.1, 0.15) is 12.1 Å². The standard InChI is InChI=1S/C17H18ClNO4/c1-17(2,3)23-16(22)19(10-15(20)21)14-7-5-11-8-13(18)6-4-12(11)9-14/h4-9H,10H2,1-3H3,(H,20,21). The Morgan fingerprint density at radius 1 is 1.13 bits per heavy atom. The van der Waals surface area contributed by atoms with E-state index < -0.39 is 24.2 Å². The molecule has 0 saturated heterocycles. The van der Waals surface area contributed by atoms with Gasteiger partial charge in [0.2, 0.25) is 0 Å². The Balaban J connectivity index is 2.40. The van der Waals surface area contributed by atoms with E-state index in [2.05, 4.69) is 0 Å². The van der Waals surface area contributed by atoms with Crippen LogP contribution in [0.2, 0.25) is 5.02 Å². The van der Waals surface area contributed by atoms with Gasteiger partial charge in [0.25, 0.3) is 0 Å². The predicted octanol–water partition coefficient (Wildman–Crippen LogP) is 4.32. The summed E-state index contributed by atoms with van der Waals surface area (Å²) in [5, 5.41) is 11.4. The average Bonchev–Trinajstić information content (AvgIpc) is 2.42. The SMILES string of the molecule is CC(C)(C)OC(=O)N(CC(=O)O)c1ccc2cc(Cl)ccc2c1. The predicted molar refractivity (Wildman–Crippen MR) is 90.2 cm³/mol.